The average Bonchev–Trinajstić information content (AvgIpc) is 2.93. The van der Waals surface area contributed by atoms with Crippen molar-refractivity contribution in [2.45, 2.75) is 43.2 Å². The predicted molar refractivity (Wildman–Crippen MR) is 104 cm³/mol. The molecule has 2 saturated heterocycles. The normalized spacial score (nSPS) is 28.3. The van der Waals surface area contributed by atoms with E-state index in [1.54, 1.807) is 12.1 Å². The van der Waals surface area contributed by atoms with E-state index in [0.29, 0.717) is 32.1 Å². The molecule has 3 atom stereocenters. The number of benzene rings is 1. The molecule has 0 amide bonds. The van der Waals surface area contributed by atoms with Crippen LogP contribution in [0.3, 0.4) is 0 Å². The quantitative estimate of drug-likeness (QED) is 0.758. The Bertz CT molecular complexity index is 860. The lowest BCUT2D eigenvalue weighted by atomic mass is 9.99. The molecule has 3 rings (SSSR count). The Morgan fingerprint density at radius 1 is 1.11 bits per heavy atom. The zero-order chi connectivity index (χ0) is 19.8. The molecule has 152 valence electrons. The summed E-state index contributed by atoms with van der Waals surface area (Å²) in [4.78, 5) is 2.18. The number of sulfone groups is 1. The molecule has 2 fully saturated rings. The van der Waals surface area contributed by atoms with Crippen LogP contribution < -0.4 is 0 Å². The first-order chi connectivity index (χ1) is 12.6. The average molecular weight is 417 g/mol. The van der Waals surface area contributed by atoms with Gasteiger partial charge >= 0.3 is 0 Å². The Balaban J connectivity index is 1.66. The predicted octanol–water partition coefficient (Wildman–Crippen LogP) is 0.664. The second kappa shape index (κ2) is 7.79. The first kappa shape index (κ1) is 20.7. The number of hydrogen-bond donors (Lipinski definition) is 1. The topological polar surface area (TPSA) is 95.0 Å². The van der Waals surface area contributed by atoms with Crippen LogP contribution in [-0.2, 0) is 19.9 Å². The van der Waals surface area contributed by atoms with Crippen molar-refractivity contribution in [2.75, 3.05) is 37.7 Å². The number of aliphatic hydroxyl groups is 1. The molecule has 1 aromatic rings. The molecular weight excluding hydrogens is 388 g/mol. The zero-order valence-electron chi connectivity index (χ0n) is 15.8. The molecule has 0 bridgehead atoms. The largest absolute Gasteiger partial charge is 0.390 e. The Kier molecular flexibility index (Phi) is 5.98. The van der Waals surface area contributed by atoms with Crippen molar-refractivity contribution in [2.24, 2.45) is 0 Å². The van der Waals surface area contributed by atoms with Gasteiger partial charge < -0.3 is 5.11 Å². The number of sulfonamides is 1. The molecule has 27 heavy (non-hydrogen) atoms. The summed E-state index contributed by atoms with van der Waals surface area (Å²) in [5.74, 6) is 0.121. The molecule has 0 aliphatic carbocycles. The molecule has 2 heterocycles. The molecule has 2 aliphatic heterocycles. The van der Waals surface area contributed by atoms with E-state index in [2.05, 4.69) is 13.8 Å². The van der Waals surface area contributed by atoms with Crippen LogP contribution >= 0.6 is 0 Å². The maximum atomic E-state index is 12.9. The monoisotopic (exact) mass is 416 g/mol. The summed E-state index contributed by atoms with van der Waals surface area (Å²) in [6, 6.07) is 6.64. The first-order valence-corrected chi connectivity index (χ1v) is 12.6. The third-order valence-electron chi connectivity index (χ3n) is 5.74. The molecule has 7 nitrogen and oxygen atoms in total. The highest BCUT2D eigenvalue weighted by atomic mass is 32.2. The highest BCUT2D eigenvalue weighted by Crippen LogP contribution is 2.25. The lowest BCUT2D eigenvalue weighted by molar-refractivity contribution is 0.0618. The van der Waals surface area contributed by atoms with Gasteiger partial charge in [-0.1, -0.05) is 26.0 Å². The van der Waals surface area contributed by atoms with Gasteiger partial charge in [0.1, 0.15) is 0 Å². The molecule has 0 spiro atoms. The number of hydrogen-bond acceptors (Lipinski definition) is 6. The summed E-state index contributed by atoms with van der Waals surface area (Å²) in [5.41, 5.74) is 1.12. The highest BCUT2D eigenvalue weighted by molar-refractivity contribution is 7.91. The molecular formula is C18H28N2O5S2. The maximum absolute atomic E-state index is 12.9. The second-order valence-corrected chi connectivity index (χ2v) is 11.6. The van der Waals surface area contributed by atoms with E-state index < -0.39 is 32.0 Å². The summed E-state index contributed by atoms with van der Waals surface area (Å²) in [5, 5.41) is 10.0. The SMILES string of the molecule is CC[C@H](C)c1ccc(S(=O)(=O)N2CCN([C@H]3CS(=O)(=O)C[C@H]3O)CC2)cc1. The summed E-state index contributed by atoms with van der Waals surface area (Å²) in [6.45, 7) is 5.63. The van der Waals surface area contributed by atoms with E-state index >= 15 is 0 Å². The van der Waals surface area contributed by atoms with Crippen molar-refractivity contribution in [3.63, 3.8) is 0 Å². The molecule has 1 N–H and O–H groups in total. The van der Waals surface area contributed by atoms with E-state index in [-0.39, 0.29) is 16.4 Å². The number of nitrogens with zero attached hydrogens (tertiary/aromatic N) is 2. The molecule has 2 aliphatic rings. The third kappa shape index (κ3) is 4.37. The minimum atomic E-state index is -3.57. The Morgan fingerprint density at radius 3 is 2.19 bits per heavy atom. The van der Waals surface area contributed by atoms with Gasteiger partial charge in [0, 0.05) is 26.2 Å². The smallest absolute Gasteiger partial charge is 0.243 e. The van der Waals surface area contributed by atoms with E-state index in [4.69, 9.17) is 0 Å². The summed E-state index contributed by atoms with van der Waals surface area (Å²) in [7, 11) is -6.78. The van der Waals surface area contributed by atoms with Gasteiger partial charge in [-0.25, -0.2) is 16.8 Å². The van der Waals surface area contributed by atoms with Gasteiger partial charge in [-0.05, 0) is 30.0 Å². The van der Waals surface area contributed by atoms with E-state index in [0.717, 1.165) is 12.0 Å². The Morgan fingerprint density at radius 2 is 1.70 bits per heavy atom. The van der Waals surface area contributed by atoms with Gasteiger partial charge in [0.2, 0.25) is 10.0 Å². The minimum Gasteiger partial charge on any atom is -0.390 e. The van der Waals surface area contributed by atoms with Crippen LogP contribution in [0.4, 0.5) is 0 Å². The maximum Gasteiger partial charge on any atom is 0.243 e. The molecule has 0 aromatic heterocycles. The third-order valence-corrected chi connectivity index (χ3v) is 9.35. The van der Waals surface area contributed by atoms with Crippen molar-refractivity contribution in [3.8, 4) is 0 Å². The van der Waals surface area contributed by atoms with Gasteiger partial charge in [0.15, 0.2) is 9.84 Å². The molecule has 0 radical (unpaired) electrons. The van der Waals surface area contributed by atoms with Crippen LogP contribution in [0.1, 0.15) is 31.7 Å². The van der Waals surface area contributed by atoms with E-state index in [1.165, 1.54) is 4.31 Å². The first-order valence-electron chi connectivity index (χ1n) is 9.36. The van der Waals surface area contributed by atoms with Crippen LogP contribution in [0.25, 0.3) is 0 Å². The van der Waals surface area contributed by atoms with Crippen molar-refractivity contribution >= 4 is 19.9 Å². The summed E-state index contributed by atoms with van der Waals surface area (Å²) < 4.78 is 50.6. The van der Waals surface area contributed by atoms with Gasteiger partial charge in [0.25, 0.3) is 0 Å². The summed E-state index contributed by atoms with van der Waals surface area (Å²) >= 11 is 0. The molecule has 9 heteroatoms. The fraction of sp³-hybridized carbons (Fsp3) is 0.667. The van der Waals surface area contributed by atoms with Crippen molar-refractivity contribution in [1.82, 2.24) is 9.21 Å². The highest BCUT2D eigenvalue weighted by Gasteiger charge is 2.41. The van der Waals surface area contributed by atoms with Crippen LogP contribution in [0.5, 0.6) is 0 Å². The van der Waals surface area contributed by atoms with Crippen LogP contribution in [-0.4, -0.2) is 81.0 Å². The zero-order valence-corrected chi connectivity index (χ0v) is 17.4. The fourth-order valence-corrected chi connectivity index (χ4v) is 7.04. The minimum absolute atomic E-state index is 0.0575. The second-order valence-electron chi connectivity index (χ2n) is 7.53. The van der Waals surface area contributed by atoms with Crippen molar-refractivity contribution < 1.29 is 21.9 Å². The molecule has 0 saturated carbocycles. The van der Waals surface area contributed by atoms with Crippen molar-refractivity contribution in [1.29, 1.82) is 0 Å². The van der Waals surface area contributed by atoms with Crippen molar-refractivity contribution in [3.05, 3.63) is 29.8 Å². The van der Waals surface area contributed by atoms with Gasteiger partial charge in [0.05, 0.1) is 28.5 Å². The number of aliphatic hydroxyl groups excluding tert-OH is 1. The van der Waals surface area contributed by atoms with Gasteiger partial charge in [-0.3, -0.25) is 4.90 Å². The van der Waals surface area contributed by atoms with Gasteiger partial charge in [-0.15, -0.1) is 0 Å². The number of rotatable bonds is 5. The van der Waals surface area contributed by atoms with Crippen LogP contribution in [0, 0.1) is 0 Å². The van der Waals surface area contributed by atoms with E-state index in [1.807, 2.05) is 17.0 Å². The Hall–Kier alpha value is -1.00. The Labute approximate surface area is 161 Å². The standard InChI is InChI=1S/C18H28N2O5S2/c1-3-14(2)15-4-6-16(7-5-15)27(24,25)20-10-8-19(9-11-20)17-12-26(22,23)13-18(17)21/h4-7,14,17-18,21H,3,8-13H2,1-2H3/t14-,17-,18+/m0/s1. The van der Waals surface area contributed by atoms with Gasteiger partial charge in [-0.2, -0.15) is 4.31 Å². The van der Waals surface area contributed by atoms with E-state index in [9.17, 15) is 21.9 Å². The number of piperazine rings is 1. The fourth-order valence-electron chi connectivity index (χ4n) is 3.79. The lowest BCUT2D eigenvalue weighted by Gasteiger charge is -2.37. The summed E-state index contributed by atoms with van der Waals surface area (Å²) in [6.07, 6.45) is 0.0998. The molecule has 1 aromatic carbocycles. The van der Waals surface area contributed by atoms with Crippen LogP contribution in [0.15, 0.2) is 29.2 Å². The van der Waals surface area contributed by atoms with Crippen LogP contribution in [0.2, 0.25) is 0 Å². The molecule has 0 unspecified atom stereocenters. The lowest BCUT2D eigenvalue weighted by Crippen LogP contribution is -2.54.